The lowest BCUT2D eigenvalue weighted by atomic mass is 10.4. The summed E-state index contributed by atoms with van der Waals surface area (Å²) in [6.07, 6.45) is 0. The predicted molar refractivity (Wildman–Crippen MR) is 57.8 cm³/mol. The van der Waals surface area contributed by atoms with Crippen LogP contribution in [0.3, 0.4) is 0 Å². The zero-order valence-electron chi connectivity index (χ0n) is 7.42. The van der Waals surface area contributed by atoms with E-state index in [0.29, 0.717) is 0 Å². The van der Waals surface area contributed by atoms with Crippen molar-refractivity contribution in [1.29, 1.82) is 0 Å². The fraction of sp³-hybridized carbons (Fsp3) is 0. The third-order valence-corrected chi connectivity index (χ3v) is 4.87. The molecule has 0 aliphatic rings. The number of benzene rings is 1. The van der Waals surface area contributed by atoms with E-state index in [0.717, 1.165) is 0 Å². The van der Waals surface area contributed by atoms with E-state index in [-0.39, 0.29) is 9.92 Å². The molecule has 0 aliphatic heterocycles. The summed E-state index contributed by atoms with van der Waals surface area (Å²) in [6, 6.07) is 5.67. The first-order valence-corrected chi connectivity index (χ1v) is 7.39. The minimum atomic E-state index is -4.04. The van der Waals surface area contributed by atoms with Crippen LogP contribution in [-0.4, -0.2) is 8.42 Å². The molecule has 5 N–H and O–H groups in total. The van der Waals surface area contributed by atoms with Crippen molar-refractivity contribution in [2.75, 3.05) is 0 Å². The van der Waals surface area contributed by atoms with Crippen molar-refractivity contribution >= 4 is 29.2 Å². The van der Waals surface area contributed by atoms with E-state index in [2.05, 4.69) is 0 Å². The van der Waals surface area contributed by atoms with Crippen molar-refractivity contribution in [3.05, 3.63) is 29.3 Å². The summed E-state index contributed by atoms with van der Waals surface area (Å²) in [5.74, 6) is 0. The second-order valence-electron chi connectivity index (χ2n) is 2.73. The maximum atomic E-state index is 11.5. The number of halogens is 1. The summed E-state index contributed by atoms with van der Waals surface area (Å²) in [4.78, 5) is -0.220. The van der Waals surface area contributed by atoms with E-state index in [4.69, 9.17) is 22.6 Å². The smallest absolute Gasteiger partial charge is 0.270 e. The number of hydrogen-bond donors (Lipinski definition) is 3. The van der Waals surface area contributed by atoms with Crippen LogP contribution in [0.25, 0.3) is 0 Å². The topological polar surface area (TPSA) is 115 Å². The van der Waals surface area contributed by atoms with E-state index in [1.807, 2.05) is 0 Å². The molecule has 0 atom stereocenters. The van der Waals surface area contributed by atoms with Crippen LogP contribution in [0.4, 0.5) is 0 Å². The van der Waals surface area contributed by atoms with Gasteiger partial charge in [-0.25, -0.2) is 8.42 Å². The molecule has 0 radical (unpaired) electrons. The van der Waals surface area contributed by atoms with E-state index in [1.165, 1.54) is 18.2 Å². The molecule has 0 amide bonds. The fourth-order valence-electron chi connectivity index (χ4n) is 0.900. The normalized spacial score (nSPS) is 12.7. The van der Waals surface area contributed by atoms with Gasteiger partial charge in [0.1, 0.15) is 4.90 Å². The SMILES string of the molecule is NP(N)(=O)NS(=O)(=O)c1ccccc1Cl. The Labute approximate surface area is 92.2 Å². The van der Waals surface area contributed by atoms with Crippen molar-refractivity contribution in [3.63, 3.8) is 0 Å². The first-order chi connectivity index (χ1) is 6.72. The maximum absolute atomic E-state index is 11.5. The number of sulfonamides is 1. The van der Waals surface area contributed by atoms with Crippen LogP contribution < -0.4 is 15.5 Å². The molecule has 15 heavy (non-hydrogen) atoms. The molecule has 0 bridgehead atoms. The zero-order chi connectivity index (χ0) is 11.7. The number of hydrogen-bond acceptors (Lipinski definition) is 3. The van der Waals surface area contributed by atoms with Crippen LogP contribution in [0.15, 0.2) is 29.2 Å². The van der Waals surface area contributed by atoms with Gasteiger partial charge in [-0.2, -0.15) is 0 Å². The molecule has 6 nitrogen and oxygen atoms in total. The summed E-state index contributed by atoms with van der Waals surface area (Å²) in [6.45, 7) is 0. The molecule has 1 aromatic rings. The first kappa shape index (κ1) is 12.6. The molecule has 0 heterocycles. The van der Waals surface area contributed by atoms with Gasteiger partial charge in [-0.05, 0) is 12.1 Å². The van der Waals surface area contributed by atoms with E-state index < -0.39 is 17.6 Å². The van der Waals surface area contributed by atoms with Gasteiger partial charge in [0.2, 0.25) is 10.0 Å². The molecular formula is C6H9ClN3O3PS. The largest absolute Gasteiger partial charge is 0.287 e. The Balaban J connectivity index is 3.19. The standard InChI is InChI=1S/C6H9ClN3O3PS/c7-5-3-1-2-4-6(5)15(12,13)10-14(8,9)11/h1-4H,(H5,8,9,10,11). The summed E-state index contributed by atoms with van der Waals surface area (Å²) in [5.41, 5.74) is 9.82. The number of nitrogens with two attached hydrogens (primary N) is 2. The molecule has 0 spiro atoms. The van der Waals surface area contributed by atoms with Gasteiger partial charge < -0.3 is 0 Å². The van der Waals surface area contributed by atoms with Crippen LogP contribution in [0.5, 0.6) is 0 Å². The Kier molecular flexibility index (Phi) is 3.55. The third kappa shape index (κ3) is 3.57. The molecule has 9 heteroatoms. The van der Waals surface area contributed by atoms with Gasteiger partial charge in [0.15, 0.2) is 0 Å². The summed E-state index contributed by atoms with van der Waals surface area (Å²) >= 11 is 5.65. The monoisotopic (exact) mass is 269 g/mol. The Morgan fingerprint density at radius 2 is 1.80 bits per heavy atom. The highest BCUT2D eigenvalue weighted by Crippen LogP contribution is 2.27. The highest BCUT2D eigenvalue weighted by Gasteiger charge is 2.23. The average molecular weight is 270 g/mol. The summed E-state index contributed by atoms with van der Waals surface area (Å²) in [5, 5.41) is -0.00144. The summed E-state index contributed by atoms with van der Waals surface area (Å²) in [7, 11) is -7.91. The number of nitrogens with one attached hydrogen (secondary N) is 1. The van der Waals surface area contributed by atoms with Gasteiger partial charge in [-0.15, -0.1) is 4.49 Å². The maximum Gasteiger partial charge on any atom is 0.287 e. The van der Waals surface area contributed by atoms with Crippen LogP contribution >= 0.6 is 19.2 Å². The zero-order valence-corrected chi connectivity index (χ0v) is 9.89. The van der Waals surface area contributed by atoms with Crippen molar-refractivity contribution < 1.29 is 13.0 Å². The molecule has 0 aliphatic carbocycles. The van der Waals surface area contributed by atoms with Crippen molar-refractivity contribution in [2.24, 2.45) is 11.0 Å². The highest BCUT2D eigenvalue weighted by molar-refractivity contribution is 7.95. The lowest BCUT2D eigenvalue weighted by Gasteiger charge is -2.10. The predicted octanol–water partition coefficient (Wildman–Crippen LogP) is 0.644. The lowest BCUT2D eigenvalue weighted by Crippen LogP contribution is -2.28. The molecule has 84 valence electrons. The van der Waals surface area contributed by atoms with Crippen LogP contribution in [0, 0.1) is 0 Å². The minimum absolute atomic E-state index is 0.00144. The Hall–Kier alpha value is -0.430. The molecule has 0 unspecified atom stereocenters. The van der Waals surface area contributed by atoms with Crippen molar-refractivity contribution in [3.8, 4) is 0 Å². The van der Waals surface area contributed by atoms with Gasteiger partial charge in [0, 0.05) is 0 Å². The molecule has 1 aromatic carbocycles. The van der Waals surface area contributed by atoms with E-state index >= 15 is 0 Å². The van der Waals surface area contributed by atoms with Gasteiger partial charge in [0.25, 0.3) is 7.59 Å². The fourth-order valence-corrected chi connectivity index (χ4v) is 3.82. The molecule has 0 saturated carbocycles. The lowest BCUT2D eigenvalue weighted by molar-refractivity contribution is 0.567. The Bertz CT molecular complexity index is 512. The summed E-state index contributed by atoms with van der Waals surface area (Å²) < 4.78 is 35.7. The second kappa shape index (κ2) is 4.21. The van der Waals surface area contributed by atoms with Gasteiger partial charge >= 0.3 is 0 Å². The van der Waals surface area contributed by atoms with E-state index in [9.17, 15) is 13.0 Å². The Morgan fingerprint density at radius 1 is 1.27 bits per heavy atom. The first-order valence-electron chi connectivity index (χ1n) is 3.68. The molecule has 0 fully saturated rings. The van der Waals surface area contributed by atoms with Gasteiger partial charge in [-0.1, -0.05) is 23.7 Å². The van der Waals surface area contributed by atoms with Crippen molar-refractivity contribution in [2.45, 2.75) is 4.90 Å². The van der Waals surface area contributed by atoms with Gasteiger partial charge in [0.05, 0.1) is 5.02 Å². The molecule has 0 saturated heterocycles. The second-order valence-corrected chi connectivity index (χ2v) is 6.74. The molecule has 1 rings (SSSR count). The van der Waals surface area contributed by atoms with E-state index in [1.54, 1.807) is 10.6 Å². The van der Waals surface area contributed by atoms with Crippen LogP contribution in [-0.2, 0) is 14.6 Å². The minimum Gasteiger partial charge on any atom is -0.270 e. The van der Waals surface area contributed by atoms with Crippen LogP contribution in [0.1, 0.15) is 0 Å². The van der Waals surface area contributed by atoms with Crippen LogP contribution in [0.2, 0.25) is 5.02 Å². The number of rotatable bonds is 3. The quantitative estimate of drug-likeness (QED) is 0.697. The third-order valence-electron chi connectivity index (χ3n) is 1.39. The highest BCUT2D eigenvalue weighted by atomic mass is 35.5. The van der Waals surface area contributed by atoms with Crippen molar-refractivity contribution in [1.82, 2.24) is 4.49 Å². The van der Waals surface area contributed by atoms with Gasteiger partial charge in [-0.3, -0.25) is 15.6 Å². The molecular weight excluding hydrogens is 261 g/mol. The average Bonchev–Trinajstić information content (AvgIpc) is 1.99. The Morgan fingerprint density at radius 3 is 2.27 bits per heavy atom. The molecule has 0 aromatic heterocycles.